The van der Waals surface area contributed by atoms with Crippen LogP contribution in [0.5, 0.6) is 0 Å². The Bertz CT molecular complexity index is 512. The average molecular weight is 309 g/mol. The lowest BCUT2D eigenvalue weighted by Gasteiger charge is -2.37. The van der Waals surface area contributed by atoms with Crippen LogP contribution in [0.25, 0.3) is 0 Å². The van der Waals surface area contributed by atoms with Crippen molar-refractivity contribution in [1.82, 2.24) is 10.2 Å². The van der Waals surface area contributed by atoms with Crippen molar-refractivity contribution in [2.24, 2.45) is 5.41 Å². The Morgan fingerprint density at radius 1 is 1.43 bits per heavy atom. The predicted molar refractivity (Wildman–Crippen MR) is 82.3 cm³/mol. The van der Waals surface area contributed by atoms with Gasteiger partial charge in [-0.15, -0.1) is 0 Å². The van der Waals surface area contributed by atoms with Crippen LogP contribution in [0.15, 0.2) is 24.3 Å². The number of benzene rings is 1. The number of ether oxygens (including phenoxy) is 1. The molecule has 0 bridgehead atoms. The van der Waals surface area contributed by atoms with Crippen molar-refractivity contribution in [3.8, 4) is 0 Å². The maximum absolute atomic E-state index is 12.8. The first-order chi connectivity index (χ1) is 10.1. The summed E-state index contributed by atoms with van der Waals surface area (Å²) in [5.74, 6) is 0.245. The second-order valence-corrected chi connectivity index (χ2v) is 6.59. The van der Waals surface area contributed by atoms with Crippen molar-refractivity contribution in [3.63, 3.8) is 0 Å². The lowest BCUT2D eigenvalue weighted by molar-refractivity contribution is -0.148. The molecule has 3 rings (SSSR count). The molecule has 21 heavy (non-hydrogen) atoms. The number of carbonyl (C=O) groups is 1. The molecule has 0 radical (unpaired) electrons. The molecule has 4 nitrogen and oxygen atoms in total. The minimum absolute atomic E-state index is 0.0575. The van der Waals surface area contributed by atoms with E-state index in [4.69, 9.17) is 16.3 Å². The normalized spacial score (nSPS) is 29.6. The van der Waals surface area contributed by atoms with Gasteiger partial charge < -0.3 is 15.0 Å². The highest BCUT2D eigenvalue weighted by atomic mass is 35.5. The van der Waals surface area contributed by atoms with Gasteiger partial charge in [0.15, 0.2) is 0 Å². The zero-order chi connectivity index (χ0) is 14.9. The quantitative estimate of drug-likeness (QED) is 0.911. The van der Waals surface area contributed by atoms with Crippen molar-refractivity contribution in [2.75, 3.05) is 32.8 Å². The van der Waals surface area contributed by atoms with Gasteiger partial charge in [-0.3, -0.25) is 4.79 Å². The number of nitrogens with one attached hydrogen (secondary N) is 1. The molecule has 1 amide bonds. The average Bonchev–Trinajstić information content (AvgIpc) is 2.95. The first kappa shape index (κ1) is 14.8. The number of amides is 1. The van der Waals surface area contributed by atoms with E-state index in [1.54, 1.807) is 0 Å². The molecule has 0 aliphatic carbocycles. The minimum Gasteiger partial charge on any atom is -0.370 e. The molecule has 2 saturated heterocycles. The standard InChI is InChI=1S/C16H21ClN2O2/c1-16(6-7-18-11-16)15(20)19-8-9-21-14(10-19)12-2-4-13(17)5-3-12/h2-5,14,18H,6-11H2,1H3. The van der Waals surface area contributed by atoms with Crippen LogP contribution >= 0.6 is 11.6 Å². The van der Waals surface area contributed by atoms with E-state index in [9.17, 15) is 4.79 Å². The molecule has 5 heteroatoms. The van der Waals surface area contributed by atoms with E-state index < -0.39 is 0 Å². The number of hydrogen-bond donors (Lipinski definition) is 1. The second-order valence-electron chi connectivity index (χ2n) is 6.15. The van der Waals surface area contributed by atoms with Gasteiger partial charge in [-0.25, -0.2) is 0 Å². The van der Waals surface area contributed by atoms with Gasteiger partial charge in [0.1, 0.15) is 6.10 Å². The smallest absolute Gasteiger partial charge is 0.230 e. The van der Waals surface area contributed by atoms with Crippen LogP contribution in [0.3, 0.4) is 0 Å². The summed E-state index contributed by atoms with van der Waals surface area (Å²) in [6.07, 6.45) is 0.854. The fourth-order valence-electron chi connectivity index (χ4n) is 3.09. The molecular formula is C16H21ClN2O2. The summed E-state index contributed by atoms with van der Waals surface area (Å²) in [4.78, 5) is 14.7. The second kappa shape index (κ2) is 5.95. The molecule has 2 atom stereocenters. The van der Waals surface area contributed by atoms with Crippen LogP contribution in [0, 0.1) is 5.41 Å². The Hall–Kier alpha value is -1.10. The fourth-order valence-corrected chi connectivity index (χ4v) is 3.22. The highest BCUT2D eigenvalue weighted by molar-refractivity contribution is 6.30. The van der Waals surface area contributed by atoms with Gasteiger partial charge in [-0.2, -0.15) is 0 Å². The summed E-state index contributed by atoms with van der Waals surface area (Å²) in [7, 11) is 0. The highest BCUT2D eigenvalue weighted by Gasteiger charge is 2.40. The van der Waals surface area contributed by atoms with Crippen molar-refractivity contribution >= 4 is 17.5 Å². The molecule has 1 aromatic carbocycles. The van der Waals surface area contributed by atoms with E-state index in [1.807, 2.05) is 29.2 Å². The summed E-state index contributed by atoms with van der Waals surface area (Å²) in [6, 6.07) is 7.67. The van der Waals surface area contributed by atoms with Crippen molar-refractivity contribution in [3.05, 3.63) is 34.9 Å². The van der Waals surface area contributed by atoms with E-state index >= 15 is 0 Å². The summed E-state index contributed by atoms with van der Waals surface area (Å²) in [5, 5.41) is 4.00. The molecule has 0 spiro atoms. The Morgan fingerprint density at radius 2 is 2.19 bits per heavy atom. The summed E-state index contributed by atoms with van der Waals surface area (Å²) >= 11 is 5.92. The molecule has 0 saturated carbocycles. The zero-order valence-electron chi connectivity index (χ0n) is 12.3. The zero-order valence-corrected chi connectivity index (χ0v) is 13.0. The molecule has 2 aliphatic heterocycles. The van der Waals surface area contributed by atoms with E-state index in [1.165, 1.54) is 0 Å². The number of carbonyl (C=O) groups excluding carboxylic acids is 1. The molecule has 114 valence electrons. The molecule has 2 fully saturated rings. The van der Waals surface area contributed by atoms with Crippen LogP contribution in [0.2, 0.25) is 5.02 Å². The molecule has 2 heterocycles. The fraction of sp³-hybridized carbons (Fsp3) is 0.562. The van der Waals surface area contributed by atoms with Gasteiger partial charge in [0.25, 0.3) is 0 Å². The third-order valence-electron chi connectivity index (χ3n) is 4.48. The molecular weight excluding hydrogens is 288 g/mol. The SMILES string of the molecule is CC1(C(=O)N2CCOC(c3ccc(Cl)cc3)C2)CCNC1. The summed E-state index contributed by atoms with van der Waals surface area (Å²) in [5.41, 5.74) is 0.814. The Labute approximate surface area is 130 Å². The van der Waals surface area contributed by atoms with Gasteiger partial charge in [0.2, 0.25) is 5.91 Å². The van der Waals surface area contributed by atoms with Crippen LogP contribution in [0.4, 0.5) is 0 Å². The van der Waals surface area contributed by atoms with Crippen molar-refractivity contribution < 1.29 is 9.53 Å². The predicted octanol–water partition coefficient (Wildman–Crippen LogP) is 2.24. The lowest BCUT2D eigenvalue weighted by atomic mass is 9.87. The third-order valence-corrected chi connectivity index (χ3v) is 4.73. The van der Waals surface area contributed by atoms with Crippen LogP contribution in [-0.2, 0) is 9.53 Å². The van der Waals surface area contributed by atoms with Gasteiger partial charge in [-0.05, 0) is 37.6 Å². The molecule has 2 unspecified atom stereocenters. The monoisotopic (exact) mass is 308 g/mol. The molecule has 2 aliphatic rings. The molecule has 1 N–H and O–H groups in total. The van der Waals surface area contributed by atoms with E-state index in [0.29, 0.717) is 24.7 Å². The Morgan fingerprint density at radius 3 is 2.86 bits per heavy atom. The van der Waals surface area contributed by atoms with Gasteiger partial charge in [0, 0.05) is 18.1 Å². The topological polar surface area (TPSA) is 41.6 Å². The Kier molecular flexibility index (Phi) is 4.20. The maximum atomic E-state index is 12.8. The van der Waals surface area contributed by atoms with Gasteiger partial charge in [-0.1, -0.05) is 23.7 Å². The van der Waals surface area contributed by atoms with E-state index in [-0.39, 0.29) is 17.4 Å². The van der Waals surface area contributed by atoms with E-state index in [0.717, 1.165) is 25.1 Å². The summed E-state index contributed by atoms with van der Waals surface area (Å²) in [6.45, 7) is 5.64. The van der Waals surface area contributed by atoms with Crippen LogP contribution in [-0.4, -0.2) is 43.6 Å². The first-order valence-electron chi connectivity index (χ1n) is 7.46. The number of halogens is 1. The van der Waals surface area contributed by atoms with Gasteiger partial charge in [0.05, 0.1) is 18.6 Å². The summed E-state index contributed by atoms with van der Waals surface area (Å²) < 4.78 is 5.83. The highest BCUT2D eigenvalue weighted by Crippen LogP contribution is 2.30. The maximum Gasteiger partial charge on any atom is 0.230 e. The Balaban J connectivity index is 1.70. The molecule has 1 aromatic rings. The van der Waals surface area contributed by atoms with Crippen molar-refractivity contribution in [2.45, 2.75) is 19.4 Å². The van der Waals surface area contributed by atoms with Gasteiger partial charge >= 0.3 is 0 Å². The number of nitrogens with zero attached hydrogens (tertiary/aromatic N) is 1. The number of morpholine rings is 1. The van der Waals surface area contributed by atoms with Crippen LogP contribution < -0.4 is 5.32 Å². The molecule has 0 aromatic heterocycles. The first-order valence-corrected chi connectivity index (χ1v) is 7.83. The van der Waals surface area contributed by atoms with Crippen LogP contribution in [0.1, 0.15) is 25.0 Å². The third kappa shape index (κ3) is 3.07. The number of hydrogen-bond acceptors (Lipinski definition) is 3. The lowest BCUT2D eigenvalue weighted by Crippen LogP contribution is -2.49. The largest absolute Gasteiger partial charge is 0.370 e. The minimum atomic E-state index is -0.262. The number of rotatable bonds is 2. The van der Waals surface area contributed by atoms with Crippen molar-refractivity contribution in [1.29, 1.82) is 0 Å². The van der Waals surface area contributed by atoms with E-state index in [2.05, 4.69) is 12.2 Å².